The van der Waals surface area contributed by atoms with Gasteiger partial charge in [-0.3, -0.25) is 4.90 Å². The standard InChI is InChI=1S/C16H26N2/c1-14(12-17)13-18-9-7-16(8-10-18)11-15-5-3-2-4-6-15/h15-16H,1-11,13H2. The molecule has 0 radical (unpaired) electrons. The Morgan fingerprint density at radius 2 is 1.67 bits per heavy atom. The van der Waals surface area contributed by atoms with Gasteiger partial charge in [0.05, 0.1) is 6.07 Å². The molecule has 1 heterocycles. The van der Waals surface area contributed by atoms with E-state index in [1.165, 1.54) is 51.4 Å². The normalized spacial score (nSPS) is 23.7. The van der Waals surface area contributed by atoms with Gasteiger partial charge in [-0.2, -0.15) is 5.26 Å². The quantitative estimate of drug-likeness (QED) is 0.706. The van der Waals surface area contributed by atoms with Crippen LogP contribution in [0.1, 0.15) is 51.4 Å². The van der Waals surface area contributed by atoms with Crippen molar-refractivity contribution in [1.29, 1.82) is 5.26 Å². The van der Waals surface area contributed by atoms with Gasteiger partial charge < -0.3 is 0 Å². The molecule has 1 aliphatic heterocycles. The van der Waals surface area contributed by atoms with E-state index in [9.17, 15) is 0 Å². The third kappa shape index (κ3) is 4.14. The first-order chi connectivity index (χ1) is 8.78. The summed E-state index contributed by atoms with van der Waals surface area (Å²) in [5, 5.41) is 8.76. The second-order valence-corrected chi connectivity index (χ2v) is 6.17. The minimum absolute atomic E-state index is 0.709. The van der Waals surface area contributed by atoms with Gasteiger partial charge in [0.15, 0.2) is 0 Å². The summed E-state index contributed by atoms with van der Waals surface area (Å²) in [5.41, 5.74) is 0.709. The Hall–Kier alpha value is -0.810. The first-order valence-electron chi connectivity index (χ1n) is 7.58. The number of hydrogen-bond donors (Lipinski definition) is 0. The number of nitrogens with zero attached hydrogens (tertiary/aromatic N) is 2. The molecule has 2 rings (SSSR count). The van der Waals surface area contributed by atoms with Crippen molar-refractivity contribution in [2.75, 3.05) is 19.6 Å². The molecule has 0 unspecified atom stereocenters. The molecule has 1 saturated heterocycles. The van der Waals surface area contributed by atoms with Crippen LogP contribution in [0.15, 0.2) is 12.2 Å². The van der Waals surface area contributed by atoms with E-state index in [4.69, 9.17) is 5.26 Å². The molecule has 2 aliphatic rings. The predicted octanol–water partition coefficient (Wildman–Crippen LogP) is 3.75. The molecule has 0 atom stereocenters. The highest BCUT2D eigenvalue weighted by atomic mass is 15.1. The van der Waals surface area contributed by atoms with Crippen LogP contribution in [-0.4, -0.2) is 24.5 Å². The smallest absolute Gasteiger partial charge is 0.0954 e. The van der Waals surface area contributed by atoms with Crippen molar-refractivity contribution in [3.8, 4) is 6.07 Å². The Bertz CT molecular complexity index is 302. The van der Waals surface area contributed by atoms with Gasteiger partial charge in [0.25, 0.3) is 0 Å². The first kappa shape index (κ1) is 13.6. The molecule has 0 aromatic carbocycles. The molecule has 2 fully saturated rings. The van der Waals surface area contributed by atoms with Gasteiger partial charge in [-0.15, -0.1) is 0 Å². The van der Waals surface area contributed by atoms with E-state index in [0.29, 0.717) is 5.57 Å². The lowest BCUT2D eigenvalue weighted by Gasteiger charge is -2.34. The van der Waals surface area contributed by atoms with E-state index >= 15 is 0 Å². The van der Waals surface area contributed by atoms with Crippen LogP contribution < -0.4 is 0 Å². The monoisotopic (exact) mass is 246 g/mol. The van der Waals surface area contributed by atoms with E-state index in [0.717, 1.165) is 31.5 Å². The summed E-state index contributed by atoms with van der Waals surface area (Å²) in [6.07, 6.45) is 11.5. The van der Waals surface area contributed by atoms with Crippen molar-refractivity contribution in [1.82, 2.24) is 4.90 Å². The lowest BCUT2D eigenvalue weighted by atomic mass is 9.80. The van der Waals surface area contributed by atoms with Crippen molar-refractivity contribution in [2.45, 2.75) is 51.4 Å². The Balaban J connectivity index is 1.66. The van der Waals surface area contributed by atoms with Gasteiger partial charge in [0.2, 0.25) is 0 Å². The predicted molar refractivity (Wildman–Crippen MR) is 75.1 cm³/mol. The highest BCUT2D eigenvalue weighted by Crippen LogP contribution is 2.32. The van der Waals surface area contributed by atoms with Crippen LogP contribution >= 0.6 is 0 Å². The van der Waals surface area contributed by atoms with Crippen LogP contribution in [0.5, 0.6) is 0 Å². The fourth-order valence-electron chi connectivity index (χ4n) is 3.58. The van der Waals surface area contributed by atoms with Gasteiger partial charge in [-0.05, 0) is 44.2 Å². The van der Waals surface area contributed by atoms with E-state index in [2.05, 4.69) is 17.5 Å². The molecule has 0 amide bonds. The maximum Gasteiger partial charge on any atom is 0.0954 e. The molecule has 0 aromatic rings. The fraction of sp³-hybridized carbons (Fsp3) is 0.812. The zero-order chi connectivity index (χ0) is 12.8. The van der Waals surface area contributed by atoms with Crippen molar-refractivity contribution < 1.29 is 0 Å². The summed E-state index contributed by atoms with van der Waals surface area (Å²) in [6, 6.07) is 2.15. The van der Waals surface area contributed by atoms with E-state index in [-0.39, 0.29) is 0 Å². The number of likely N-dealkylation sites (tertiary alicyclic amines) is 1. The molecule has 0 N–H and O–H groups in total. The van der Waals surface area contributed by atoms with E-state index in [1.54, 1.807) is 0 Å². The molecule has 2 heteroatoms. The number of hydrogen-bond acceptors (Lipinski definition) is 2. The molecule has 0 bridgehead atoms. The summed E-state index contributed by atoms with van der Waals surface area (Å²) in [7, 11) is 0. The number of rotatable bonds is 4. The summed E-state index contributed by atoms with van der Waals surface area (Å²) in [5.74, 6) is 1.96. The largest absolute Gasteiger partial charge is 0.298 e. The van der Waals surface area contributed by atoms with E-state index in [1.807, 2.05) is 0 Å². The van der Waals surface area contributed by atoms with Crippen LogP contribution in [-0.2, 0) is 0 Å². The first-order valence-corrected chi connectivity index (χ1v) is 7.58. The van der Waals surface area contributed by atoms with Crippen LogP contribution in [0.2, 0.25) is 0 Å². The molecule has 0 spiro atoms. The maximum atomic E-state index is 8.76. The Morgan fingerprint density at radius 1 is 1.06 bits per heavy atom. The number of piperidine rings is 1. The van der Waals surface area contributed by atoms with Crippen LogP contribution in [0.4, 0.5) is 0 Å². The fourth-order valence-corrected chi connectivity index (χ4v) is 3.58. The van der Waals surface area contributed by atoms with E-state index < -0.39 is 0 Å². The lowest BCUT2D eigenvalue weighted by Crippen LogP contribution is -2.35. The molecular weight excluding hydrogens is 220 g/mol. The lowest BCUT2D eigenvalue weighted by molar-refractivity contribution is 0.168. The second-order valence-electron chi connectivity index (χ2n) is 6.17. The summed E-state index contributed by atoms with van der Waals surface area (Å²) in [4.78, 5) is 2.39. The molecular formula is C16H26N2. The highest BCUT2D eigenvalue weighted by Gasteiger charge is 2.23. The van der Waals surface area contributed by atoms with Crippen molar-refractivity contribution in [3.63, 3.8) is 0 Å². The topological polar surface area (TPSA) is 27.0 Å². The average Bonchev–Trinajstić information content (AvgIpc) is 2.42. The molecule has 100 valence electrons. The van der Waals surface area contributed by atoms with Gasteiger partial charge in [0.1, 0.15) is 0 Å². The maximum absolute atomic E-state index is 8.76. The van der Waals surface area contributed by atoms with Crippen molar-refractivity contribution in [2.24, 2.45) is 11.8 Å². The van der Waals surface area contributed by atoms with Crippen LogP contribution in [0.3, 0.4) is 0 Å². The van der Waals surface area contributed by atoms with Crippen LogP contribution in [0, 0.1) is 23.2 Å². The van der Waals surface area contributed by atoms with Gasteiger partial charge in [-0.1, -0.05) is 38.7 Å². The van der Waals surface area contributed by atoms with Gasteiger partial charge in [0, 0.05) is 12.1 Å². The SMILES string of the molecule is C=C(C#N)CN1CCC(CC2CCCCC2)CC1. The molecule has 18 heavy (non-hydrogen) atoms. The highest BCUT2D eigenvalue weighted by molar-refractivity contribution is 5.17. The zero-order valence-electron chi connectivity index (χ0n) is 11.5. The van der Waals surface area contributed by atoms with Crippen molar-refractivity contribution in [3.05, 3.63) is 12.2 Å². The molecule has 1 aliphatic carbocycles. The average molecular weight is 246 g/mol. The number of nitriles is 1. The van der Waals surface area contributed by atoms with Gasteiger partial charge in [-0.25, -0.2) is 0 Å². The summed E-state index contributed by atoms with van der Waals surface area (Å²) in [6.45, 7) is 6.89. The third-order valence-corrected chi connectivity index (χ3v) is 4.67. The molecule has 0 aromatic heterocycles. The Kier molecular flexibility index (Phi) is 5.26. The third-order valence-electron chi connectivity index (χ3n) is 4.67. The van der Waals surface area contributed by atoms with Crippen molar-refractivity contribution >= 4 is 0 Å². The van der Waals surface area contributed by atoms with Crippen LogP contribution in [0.25, 0.3) is 0 Å². The minimum atomic E-state index is 0.709. The summed E-state index contributed by atoms with van der Waals surface area (Å²) >= 11 is 0. The van der Waals surface area contributed by atoms with Gasteiger partial charge >= 0.3 is 0 Å². The molecule has 1 saturated carbocycles. The molecule has 2 nitrogen and oxygen atoms in total. The minimum Gasteiger partial charge on any atom is -0.298 e. The summed E-state index contributed by atoms with van der Waals surface area (Å²) < 4.78 is 0. The Morgan fingerprint density at radius 3 is 2.28 bits per heavy atom. The zero-order valence-corrected chi connectivity index (χ0v) is 11.5. The second kappa shape index (κ2) is 6.95. The Labute approximate surface area is 112 Å².